The minimum atomic E-state index is -0.344. The molecule has 0 aliphatic heterocycles. The fraction of sp³-hybridized carbons (Fsp3) is 0.333. The lowest BCUT2D eigenvalue weighted by atomic mass is 9.95. The molecule has 28 heavy (non-hydrogen) atoms. The summed E-state index contributed by atoms with van der Waals surface area (Å²) < 4.78 is 1.66. The summed E-state index contributed by atoms with van der Waals surface area (Å²) in [5.74, 6) is -0.372. The Morgan fingerprint density at radius 1 is 1.04 bits per heavy atom. The van der Waals surface area contributed by atoms with Crippen molar-refractivity contribution in [3.05, 3.63) is 66.0 Å². The number of hydrogen-bond acceptors (Lipinski definition) is 4. The lowest BCUT2D eigenvalue weighted by Gasteiger charge is -2.22. The van der Waals surface area contributed by atoms with E-state index in [1.807, 2.05) is 30.3 Å². The molecule has 1 fully saturated rings. The Labute approximate surface area is 163 Å². The summed E-state index contributed by atoms with van der Waals surface area (Å²) in [6.45, 7) is 0.297. The molecule has 0 spiro atoms. The molecule has 0 saturated heterocycles. The fourth-order valence-corrected chi connectivity index (χ4v) is 3.62. The average Bonchev–Trinajstić information content (AvgIpc) is 3.13. The summed E-state index contributed by atoms with van der Waals surface area (Å²) in [4.78, 5) is 34.1. The second kappa shape index (κ2) is 8.21. The van der Waals surface area contributed by atoms with Gasteiger partial charge in [-0.05, 0) is 37.1 Å². The molecule has 0 bridgehead atoms. The minimum Gasteiger partial charge on any atom is -0.348 e. The standard InChI is InChI=1S/C21H23N5O2/c27-20(24-15-8-2-1-3-9-15)18-17-11-5-7-13-26(17)19(25-18)21(28)23-14-16-10-4-6-12-22-16/h4-7,10-13,15H,1-3,8-9,14H2,(H,23,28)(H,24,27). The number of carbonyl (C=O) groups excluding carboxylic acids is 2. The lowest BCUT2D eigenvalue weighted by molar-refractivity contribution is 0.0924. The summed E-state index contributed by atoms with van der Waals surface area (Å²) in [5.41, 5.74) is 1.67. The van der Waals surface area contributed by atoms with Crippen LogP contribution in [-0.4, -0.2) is 32.2 Å². The van der Waals surface area contributed by atoms with Crippen LogP contribution in [-0.2, 0) is 6.54 Å². The Kier molecular flexibility index (Phi) is 5.32. The molecule has 2 amide bonds. The van der Waals surface area contributed by atoms with E-state index in [0.29, 0.717) is 12.1 Å². The Balaban J connectivity index is 1.55. The average molecular weight is 377 g/mol. The van der Waals surface area contributed by atoms with Gasteiger partial charge in [0.1, 0.15) is 0 Å². The number of carbonyl (C=O) groups is 2. The normalized spacial score (nSPS) is 14.7. The van der Waals surface area contributed by atoms with Gasteiger partial charge in [-0.15, -0.1) is 0 Å². The molecule has 3 heterocycles. The van der Waals surface area contributed by atoms with Crippen molar-refractivity contribution in [2.24, 2.45) is 0 Å². The van der Waals surface area contributed by atoms with Crippen LogP contribution < -0.4 is 10.6 Å². The van der Waals surface area contributed by atoms with Crippen LogP contribution in [0.3, 0.4) is 0 Å². The van der Waals surface area contributed by atoms with Crippen molar-refractivity contribution in [1.29, 1.82) is 0 Å². The molecule has 144 valence electrons. The first-order valence-corrected chi connectivity index (χ1v) is 9.68. The van der Waals surface area contributed by atoms with Gasteiger partial charge < -0.3 is 10.6 Å². The molecule has 0 unspecified atom stereocenters. The van der Waals surface area contributed by atoms with Gasteiger partial charge in [0.25, 0.3) is 11.8 Å². The van der Waals surface area contributed by atoms with Gasteiger partial charge in [0.05, 0.1) is 17.8 Å². The molecule has 3 aromatic rings. The van der Waals surface area contributed by atoms with E-state index in [0.717, 1.165) is 31.4 Å². The predicted octanol–water partition coefficient (Wildman–Crippen LogP) is 2.72. The van der Waals surface area contributed by atoms with Gasteiger partial charge in [-0.25, -0.2) is 4.98 Å². The Morgan fingerprint density at radius 3 is 2.64 bits per heavy atom. The molecule has 2 N–H and O–H groups in total. The van der Waals surface area contributed by atoms with E-state index in [2.05, 4.69) is 20.6 Å². The van der Waals surface area contributed by atoms with Gasteiger partial charge in [-0.3, -0.25) is 19.0 Å². The third-order valence-corrected chi connectivity index (χ3v) is 5.06. The number of fused-ring (bicyclic) bond motifs is 1. The first-order valence-electron chi connectivity index (χ1n) is 9.68. The third kappa shape index (κ3) is 3.88. The number of hydrogen-bond donors (Lipinski definition) is 2. The van der Waals surface area contributed by atoms with Gasteiger partial charge in [0.2, 0.25) is 5.82 Å². The molecule has 0 atom stereocenters. The van der Waals surface area contributed by atoms with E-state index in [1.165, 1.54) is 6.42 Å². The smallest absolute Gasteiger partial charge is 0.288 e. The maximum atomic E-state index is 12.8. The van der Waals surface area contributed by atoms with Crippen LogP contribution in [0, 0.1) is 0 Å². The highest BCUT2D eigenvalue weighted by Crippen LogP contribution is 2.19. The largest absolute Gasteiger partial charge is 0.348 e. The monoisotopic (exact) mass is 377 g/mol. The molecule has 3 aromatic heterocycles. The fourth-order valence-electron chi connectivity index (χ4n) is 3.62. The highest BCUT2D eigenvalue weighted by Gasteiger charge is 2.23. The maximum Gasteiger partial charge on any atom is 0.288 e. The van der Waals surface area contributed by atoms with Crippen LogP contribution in [0.1, 0.15) is 58.9 Å². The highest BCUT2D eigenvalue weighted by atomic mass is 16.2. The second-order valence-electron chi connectivity index (χ2n) is 7.05. The summed E-state index contributed by atoms with van der Waals surface area (Å²) >= 11 is 0. The molecular formula is C21H23N5O2. The third-order valence-electron chi connectivity index (χ3n) is 5.06. The van der Waals surface area contributed by atoms with E-state index in [1.54, 1.807) is 22.9 Å². The van der Waals surface area contributed by atoms with E-state index >= 15 is 0 Å². The minimum absolute atomic E-state index is 0.183. The summed E-state index contributed by atoms with van der Waals surface area (Å²) in [6, 6.07) is 11.2. The quantitative estimate of drug-likeness (QED) is 0.716. The van der Waals surface area contributed by atoms with Crippen molar-refractivity contribution in [3.8, 4) is 0 Å². The van der Waals surface area contributed by atoms with Crippen LogP contribution >= 0.6 is 0 Å². The number of pyridine rings is 2. The van der Waals surface area contributed by atoms with Gasteiger partial charge >= 0.3 is 0 Å². The zero-order valence-corrected chi connectivity index (χ0v) is 15.6. The first kappa shape index (κ1) is 18.2. The molecule has 1 aliphatic carbocycles. The number of rotatable bonds is 5. The van der Waals surface area contributed by atoms with Crippen LogP contribution in [0.2, 0.25) is 0 Å². The first-order chi connectivity index (χ1) is 13.7. The number of amides is 2. The van der Waals surface area contributed by atoms with Crippen LogP contribution in [0.5, 0.6) is 0 Å². The maximum absolute atomic E-state index is 12.8. The van der Waals surface area contributed by atoms with Crippen LogP contribution in [0.4, 0.5) is 0 Å². The van der Waals surface area contributed by atoms with E-state index in [9.17, 15) is 9.59 Å². The molecule has 4 rings (SSSR count). The Hall–Kier alpha value is -3.22. The highest BCUT2D eigenvalue weighted by molar-refractivity contribution is 6.02. The van der Waals surface area contributed by atoms with Gasteiger partial charge in [-0.2, -0.15) is 0 Å². The number of nitrogens with one attached hydrogen (secondary N) is 2. The lowest BCUT2D eigenvalue weighted by Crippen LogP contribution is -2.36. The molecule has 1 aliphatic rings. The van der Waals surface area contributed by atoms with Crippen molar-refractivity contribution < 1.29 is 9.59 Å². The van der Waals surface area contributed by atoms with E-state index < -0.39 is 0 Å². The zero-order chi connectivity index (χ0) is 19.3. The number of nitrogens with zero attached hydrogens (tertiary/aromatic N) is 3. The molecule has 0 aromatic carbocycles. The van der Waals surface area contributed by atoms with Crippen molar-refractivity contribution in [3.63, 3.8) is 0 Å². The summed E-state index contributed by atoms with van der Waals surface area (Å²) in [6.07, 6.45) is 8.91. The van der Waals surface area contributed by atoms with Gasteiger partial charge in [-0.1, -0.05) is 31.4 Å². The van der Waals surface area contributed by atoms with Crippen molar-refractivity contribution in [2.45, 2.75) is 44.7 Å². The Morgan fingerprint density at radius 2 is 1.86 bits per heavy atom. The predicted molar refractivity (Wildman–Crippen MR) is 105 cm³/mol. The van der Waals surface area contributed by atoms with Gasteiger partial charge in [0.15, 0.2) is 5.69 Å². The topological polar surface area (TPSA) is 88.4 Å². The van der Waals surface area contributed by atoms with E-state index in [-0.39, 0.29) is 29.4 Å². The van der Waals surface area contributed by atoms with Crippen molar-refractivity contribution in [2.75, 3.05) is 0 Å². The molecule has 7 nitrogen and oxygen atoms in total. The summed E-state index contributed by atoms with van der Waals surface area (Å²) in [5, 5.41) is 5.91. The number of aromatic nitrogens is 3. The van der Waals surface area contributed by atoms with Gasteiger partial charge in [0, 0.05) is 18.4 Å². The molecule has 0 radical (unpaired) electrons. The second-order valence-corrected chi connectivity index (χ2v) is 7.05. The SMILES string of the molecule is O=C(NC1CCCCC1)c1nc(C(=O)NCc2ccccn2)n2ccccc12. The molecular weight excluding hydrogens is 354 g/mol. The number of imidazole rings is 1. The van der Waals surface area contributed by atoms with Crippen molar-refractivity contribution in [1.82, 2.24) is 25.0 Å². The zero-order valence-electron chi connectivity index (χ0n) is 15.6. The van der Waals surface area contributed by atoms with Crippen LogP contribution in [0.25, 0.3) is 5.52 Å². The van der Waals surface area contributed by atoms with E-state index in [4.69, 9.17) is 0 Å². The summed E-state index contributed by atoms with van der Waals surface area (Å²) in [7, 11) is 0. The van der Waals surface area contributed by atoms with Crippen LogP contribution in [0.15, 0.2) is 48.8 Å². The van der Waals surface area contributed by atoms with Crippen molar-refractivity contribution >= 4 is 17.3 Å². The molecule has 1 saturated carbocycles. The molecule has 7 heteroatoms. The Bertz CT molecular complexity index is 977.